The molecule has 13 heavy (non-hydrogen) atoms. The zero-order valence-electron chi connectivity index (χ0n) is 7.71. The molecule has 0 saturated carbocycles. The minimum atomic E-state index is -4.10. The van der Waals surface area contributed by atoms with Gasteiger partial charge in [-0.1, -0.05) is 13.3 Å². The Balaban J connectivity index is 2.81. The molecule has 0 aromatic rings. The number of hydrogen-bond donors (Lipinski definition) is 1. The molecule has 6 heteroatoms. The first-order chi connectivity index (χ1) is 5.96. The van der Waals surface area contributed by atoms with Crippen molar-refractivity contribution in [2.45, 2.75) is 25.9 Å². The predicted molar refractivity (Wildman–Crippen MR) is 49.0 cm³/mol. The molecule has 1 aliphatic heterocycles. The van der Waals surface area contributed by atoms with E-state index in [9.17, 15) is 8.42 Å². The Kier molecular flexibility index (Phi) is 2.82. The zero-order valence-corrected chi connectivity index (χ0v) is 8.53. The third-order valence-electron chi connectivity index (χ3n) is 2.03. The predicted octanol–water partition coefficient (Wildman–Crippen LogP) is 0.634. The van der Waals surface area contributed by atoms with Gasteiger partial charge in [0.2, 0.25) is 0 Å². The van der Waals surface area contributed by atoms with Crippen LogP contribution in [0.3, 0.4) is 0 Å². The van der Waals surface area contributed by atoms with Crippen molar-refractivity contribution in [2.24, 2.45) is 0 Å². The highest BCUT2D eigenvalue weighted by molar-refractivity contribution is 7.83. The highest BCUT2D eigenvalue weighted by atomic mass is 32.2. The Labute approximate surface area is 78.5 Å². The minimum Gasteiger partial charge on any atom is -0.358 e. The van der Waals surface area contributed by atoms with E-state index in [2.05, 4.69) is 0 Å². The maximum atomic E-state index is 10.9. The van der Waals surface area contributed by atoms with Crippen LogP contribution in [0, 0.1) is 0 Å². The van der Waals surface area contributed by atoms with Gasteiger partial charge in [0.05, 0.1) is 0 Å². The Morgan fingerprint density at radius 2 is 2.08 bits per heavy atom. The fourth-order valence-electron chi connectivity index (χ4n) is 1.37. The standard InChI is InChI=1S/C7H14N2O3S/c1-3-4-7-8(2)5-6-9(7)13(10,11)12/h5-7H,3-4H2,1-2H3,(H,10,11,12). The van der Waals surface area contributed by atoms with Crippen LogP contribution in [0.15, 0.2) is 12.4 Å². The van der Waals surface area contributed by atoms with Gasteiger partial charge < -0.3 is 4.90 Å². The van der Waals surface area contributed by atoms with E-state index < -0.39 is 10.3 Å². The molecule has 0 spiro atoms. The maximum absolute atomic E-state index is 10.9. The first kappa shape index (κ1) is 10.3. The van der Waals surface area contributed by atoms with Crippen molar-refractivity contribution in [2.75, 3.05) is 7.05 Å². The molecule has 1 rings (SSSR count). The fourth-order valence-corrected chi connectivity index (χ4v) is 2.14. The zero-order chi connectivity index (χ0) is 10.1. The van der Waals surface area contributed by atoms with Gasteiger partial charge in [0.15, 0.2) is 0 Å². The molecule has 0 saturated heterocycles. The van der Waals surface area contributed by atoms with Crippen molar-refractivity contribution in [3.8, 4) is 0 Å². The lowest BCUT2D eigenvalue weighted by Gasteiger charge is -2.27. The monoisotopic (exact) mass is 206 g/mol. The summed E-state index contributed by atoms with van der Waals surface area (Å²) in [5, 5.41) is 0. The summed E-state index contributed by atoms with van der Waals surface area (Å²) in [6.45, 7) is 1.97. The lowest BCUT2D eigenvalue weighted by Crippen LogP contribution is -2.39. The van der Waals surface area contributed by atoms with Gasteiger partial charge in [-0.05, 0) is 6.42 Å². The quantitative estimate of drug-likeness (QED) is 0.688. The van der Waals surface area contributed by atoms with E-state index >= 15 is 0 Å². The molecule has 1 heterocycles. The molecule has 1 N–H and O–H groups in total. The van der Waals surface area contributed by atoms with Gasteiger partial charge in [0.1, 0.15) is 6.17 Å². The van der Waals surface area contributed by atoms with Gasteiger partial charge in [-0.15, -0.1) is 0 Å². The fraction of sp³-hybridized carbons (Fsp3) is 0.714. The van der Waals surface area contributed by atoms with Crippen LogP contribution in [0.5, 0.6) is 0 Å². The maximum Gasteiger partial charge on any atom is 0.361 e. The Morgan fingerprint density at radius 1 is 1.46 bits per heavy atom. The molecule has 5 nitrogen and oxygen atoms in total. The highest BCUT2D eigenvalue weighted by Gasteiger charge is 2.30. The van der Waals surface area contributed by atoms with Crippen LogP contribution in [0.2, 0.25) is 0 Å². The average molecular weight is 206 g/mol. The number of hydrogen-bond acceptors (Lipinski definition) is 3. The average Bonchev–Trinajstić information content (AvgIpc) is 2.32. The molecule has 0 aliphatic carbocycles. The van der Waals surface area contributed by atoms with E-state index in [0.29, 0.717) is 6.42 Å². The van der Waals surface area contributed by atoms with Crippen molar-refractivity contribution in [1.82, 2.24) is 9.21 Å². The van der Waals surface area contributed by atoms with Crippen LogP contribution < -0.4 is 0 Å². The van der Waals surface area contributed by atoms with Crippen molar-refractivity contribution in [3.63, 3.8) is 0 Å². The van der Waals surface area contributed by atoms with Crippen LogP contribution in [-0.4, -0.2) is 35.4 Å². The summed E-state index contributed by atoms with van der Waals surface area (Å²) in [5.41, 5.74) is 0. The largest absolute Gasteiger partial charge is 0.361 e. The number of nitrogens with zero attached hydrogens (tertiary/aromatic N) is 2. The molecule has 1 aliphatic rings. The van der Waals surface area contributed by atoms with Gasteiger partial charge in [-0.25, -0.2) is 4.31 Å². The molecular weight excluding hydrogens is 192 g/mol. The summed E-state index contributed by atoms with van der Waals surface area (Å²) in [5.74, 6) is 0. The molecule has 1 unspecified atom stereocenters. The van der Waals surface area contributed by atoms with E-state index in [1.165, 1.54) is 6.20 Å². The molecule has 0 aromatic carbocycles. The second-order valence-corrected chi connectivity index (χ2v) is 4.36. The second kappa shape index (κ2) is 3.55. The summed E-state index contributed by atoms with van der Waals surface area (Å²) in [7, 11) is -2.32. The molecule has 0 amide bonds. The lowest BCUT2D eigenvalue weighted by molar-refractivity contribution is 0.221. The lowest BCUT2D eigenvalue weighted by atomic mass is 10.3. The van der Waals surface area contributed by atoms with Gasteiger partial charge >= 0.3 is 10.3 Å². The van der Waals surface area contributed by atoms with Crippen LogP contribution >= 0.6 is 0 Å². The first-order valence-corrected chi connectivity index (χ1v) is 5.52. The van der Waals surface area contributed by atoms with E-state index in [1.807, 2.05) is 6.92 Å². The summed E-state index contributed by atoms with van der Waals surface area (Å²) in [6.07, 6.45) is 4.29. The summed E-state index contributed by atoms with van der Waals surface area (Å²) in [4.78, 5) is 1.76. The minimum absolute atomic E-state index is 0.278. The van der Waals surface area contributed by atoms with Crippen molar-refractivity contribution >= 4 is 10.3 Å². The van der Waals surface area contributed by atoms with E-state index in [1.54, 1.807) is 18.1 Å². The van der Waals surface area contributed by atoms with Gasteiger partial charge in [0.25, 0.3) is 0 Å². The summed E-state index contributed by atoms with van der Waals surface area (Å²) >= 11 is 0. The van der Waals surface area contributed by atoms with Crippen LogP contribution in [-0.2, 0) is 10.3 Å². The van der Waals surface area contributed by atoms with Crippen molar-refractivity contribution in [3.05, 3.63) is 12.4 Å². The molecule has 1 atom stereocenters. The molecule has 0 radical (unpaired) electrons. The Bertz CT molecular complexity index is 299. The SMILES string of the molecule is CCCC1N(C)C=CN1S(=O)(=O)O. The second-order valence-electron chi connectivity index (χ2n) is 3.04. The van der Waals surface area contributed by atoms with E-state index in [4.69, 9.17) is 4.55 Å². The smallest absolute Gasteiger partial charge is 0.358 e. The van der Waals surface area contributed by atoms with Crippen LogP contribution in [0.1, 0.15) is 19.8 Å². The van der Waals surface area contributed by atoms with Crippen LogP contribution in [0.4, 0.5) is 0 Å². The normalized spacial score (nSPS) is 22.8. The van der Waals surface area contributed by atoms with Gasteiger partial charge in [-0.2, -0.15) is 8.42 Å². The van der Waals surface area contributed by atoms with Crippen LogP contribution in [0.25, 0.3) is 0 Å². The van der Waals surface area contributed by atoms with E-state index in [0.717, 1.165) is 10.7 Å². The van der Waals surface area contributed by atoms with Gasteiger partial charge in [0, 0.05) is 19.4 Å². The third kappa shape index (κ3) is 2.13. The van der Waals surface area contributed by atoms with Gasteiger partial charge in [-0.3, -0.25) is 4.55 Å². The molecule has 0 fully saturated rings. The van der Waals surface area contributed by atoms with E-state index in [-0.39, 0.29) is 6.17 Å². The molecular formula is C7H14N2O3S. The molecule has 76 valence electrons. The summed E-state index contributed by atoms with van der Waals surface area (Å²) in [6, 6.07) is 0. The third-order valence-corrected chi connectivity index (χ3v) is 2.92. The summed E-state index contributed by atoms with van der Waals surface area (Å²) < 4.78 is 31.6. The van der Waals surface area contributed by atoms with Crippen molar-refractivity contribution < 1.29 is 13.0 Å². The van der Waals surface area contributed by atoms with Crippen molar-refractivity contribution in [1.29, 1.82) is 0 Å². The first-order valence-electron chi connectivity index (χ1n) is 4.13. The Morgan fingerprint density at radius 3 is 2.54 bits per heavy atom. The highest BCUT2D eigenvalue weighted by Crippen LogP contribution is 2.20. The topological polar surface area (TPSA) is 60.9 Å². The molecule has 0 bridgehead atoms. The molecule has 0 aromatic heterocycles. The number of rotatable bonds is 3. The Hall–Kier alpha value is -0.750.